The largest absolute Gasteiger partial charge is 0.383 e. The number of guanidine groups is 1. The van der Waals surface area contributed by atoms with Crippen LogP contribution in [0.3, 0.4) is 0 Å². The number of hydrogen-bond donors (Lipinski definition) is 1. The molecule has 2 aliphatic heterocycles. The lowest BCUT2D eigenvalue weighted by Gasteiger charge is -2.31. The van der Waals surface area contributed by atoms with Gasteiger partial charge in [0.25, 0.3) is 0 Å². The zero-order chi connectivity index (χ0) is 18.8. The molecule has 2 rings (SSSR count). The van der Waals surface area contributed by atoms with E-state index in [9.17, 15) is 0 Å². The van der Waals surface area contributed by atoms with Crippen LogP contribution in [0.4, 0.5) is 0 Å². The van der Waals surface area contributed by atoms with E-state index in [1.807, 2.05) is 0 Å². The molecule has 0 aromatic carbocycles. The minimum Gasteiger partial charge on any atom is -0.383 e. The van der Waals surface area contributed by atoms with Crippen LogP contribution >= 0.6 is 0 Å². The zero-order valence-corrected chi connectivity index (χ0v) is 17.5. The maximum absolute atomic E-state index is 5.20. The maximum atomic E-state index is 5.20. The summed E-state index contributed by atoms with van der Waals surface area (Å²) in [7, 11) is 1.78. The number of likely N-dealkylation sites (tertiary alicyclic amines) is 2. The first kappa shape index (κ1) is 21.5. The fourth-order valence-electron chi connectivity index (χ4n) is 4.23. The van der Waals surface area contributed by atoms with E-state index in [1.54, 1.807) is 7.11 Å². The van der Waals surface area contributed by atoms with Crippen molar-refractivity contribution in [2.24, 2.45) is 10.9 Å². The number of nitrogens with one attached hydrogen (secondary N) is 1. The highest BCUT2D eigenvalue weighted by Gasteiger charge is 2.28. The van der Waals surface area contributed by atoms with Crippen LogP contribution in [-0.2, 0) is 4.74 Å². The lowest BCUT2D eigenvalue weighted by Crippen LogP contribution is -2.43. The smallest absolute Gasteiger partial charge is 0.193 e. The molecular formula is C20H41N5O. The predicted molar refractivity (Wildman–Crippen MR) is 110 cm³/mol. The van der Waals surface area contributed by atoms with Crippen LogP contribution < -0.4 is 5.32 Å². The number of hydrogen-bond acceptors (Lipinski definition) is 4. The molecule has 6 nitrogen and oxygen atoms in total. The van der Waals surface area contributed by atoms with E-state index in [4.69, 9.17) is 9.73 Å². The summed E-state index contributed by atoms with van der Waals surface area (Å²) in [6.07, 6.45) is 3.77. The van der Waals surface area contributed by atoms with E-state index >= 15 is 0 Å². The molecule has 0 saturated carbocycles. The molecule has 0 amide bonds. The quantitative estimate of drug-likeness (QED) is 0.497. The Morgan fingerprint density at radius 2 is 1.85 bits per heavy atom. The Morgan fingerprint density at radius 1 is 1.12 bits per heavy atom. The maximum Gasteiger partial charge on any atom is 0.193 e. The fraction of sp³-hybridized carbons (Fsp3) is 0.950. The molecule has 0 radical (unpaired) electrons. The Hall–Kier alpha value is -0.850. The van der Waals surface area contributed by atoms with Gasteiger partial charge in [-0.1, -0.05) is 13.8 Å². The molecule has 1 atom stereocenters. The number of ether oxygens (including phenoxy) is 1. The van der Waals surface area contributed by atoms with E-state index in [1.165, 1.54) is 32.4 Å². The Kier molecular flexibility index (Phi) is 9.72. The molecule has 2 heterocycles. The van der Waals surface area contributed by atoms with E-state index in [0.29, 0.717) is 6.04 Å². The van der Waals surface area contributed by atoms with Crippen molar-refractivity contribution in [3.05, 3.63) is 0 Å². The van der Waals surface area contributed by atoms with Crippen LogP contribution in [0.1, 0.15) is 40.0 Å². The molecule has 0 aliphatic carbocycles. The van der Waals surface area contributed by atoms with Crippen LogP contribution in [0.5, 0.6) is 0 Å². The van der Waals surface area contributed by atoms with Gasteiger partial charge in [0.1, 0.15) is 0 Å². The monoisotopic (exact) mass is 367 g/mol. The average molecular weight is 368 g/mol. The number of nitrogens with zero attached hydrogens (tertiary/aromatic N) is 4. The molecule has 0 aromatic rings. The minimum atomic E-state index is 0.679. The van der Waals surface area contributed by atoms with Gasteiger partial charge in [0.05, 0.1) is 6.61 Å². The SMILES string of the molecule is CCNC(=NCC1CCN(CCOC)CC1)N1CCC(N(CC)CC)C1. The van der Waals surface area contributed by atoms with Crippen LogP contribution in [0.2, 0.25) is 0 Å². The Labute approximate surface area is 160 Å². The summed E-state index contributed by atoms with van der Waals surface area (Å²) in [6.45, 7) is 17.4. The first-order valence-corrected chi connectivity index (χ1v) is 10.7. The molecule has 0 spiro atoms. The van der Waals surface area contributed by atoms with Crippen molar-refractivity contribution < 1.29 is 4.74 Å². The third-order valence-electron chi connectivity index (χ3n) is 5.94. The molecule has 1 N–H and O–H groups in total. The highest BCUT2D eigenvalue weighted by Crippen LogP contribution is 2.19. The molecule has 2 aliphatic rings. The summed E-state index contributed by atoms with van der Waals surface area (Å²) in [6, 6.07) is 0.679. The predicted octanol–water partition coefficient (Wildman–Crippen LogP) is 1.73. The lowest BCUT2D eigenvalue weighted by atomic mass is 9.97. The molecular weight excluding hydrogens is 326 g/mol. The van der Waals surface area contributed by atoms with Crippen molar-refractivity contribution in [2.75, 3.05) is 72.6 Å². The van der Waals surface area contributed by atoms with Crippen LogP contribution in [0, 0.1) is 5.92 Å². The molecule has 2 fully saturated rings. The second-order valence-electron chi connectivity index (χ2n) is 7.58. The van der Waals surface area contributed by atoms with E-state index in [-0.39, 0.29) is 0 Å². The second kappa shape index (κ2) is 11.8. The third kappa shape index (κ3) is 6.39. The summed E-state index contributed by atoms with van der Waals surface area (Å²) in [5, 5.41) is 3.53. The van der Waals surface area contributed by atoms with Gasteiger partial charge in [0.2, 0.25) is 0 Å². The molecule has 1 unspecified atom stereocenters. The van der Waals surface area contributed by atoms with Crippen molar-refractivity contribution >= 4 is 5.96 Å². The van der Waals surface area contributed by atoms with Gasteiger partial charge >= 0.3 is 0 Å². The molecule has 0 aromatic heterocycles. The second-order valence-corrected chi connectivity index (χ2v) is 7.58. The fourth-order valence-corrected chi connectivity index (χ4v) is 4.23. The molecule has 152 valence electrons. The molecule has 6 heteroatoms. The van der Waals surface area contributed by atoms with Gasteiger partial charge < -0.3 is 19.9 Å². The summed E-state index contributed by atoms with van der Waals surface area (Å²) in [4.78, 5) is 12.6. The highest BCUT2D eigenvalue weighted by atomic mass is 16.5. The van der Waals surface area contributed by atoms with Crippen LogP contribution in [0.25, 0.3) is 0 Å². The summed E-state index contributed by atoms with van der Waals surface area (Å²) >= 11 is 0. The van der Waals surface area contributed by atoms with Gasteiger partial charge in [-0.15, -0.1) is 0 Å². The van der Waals surface area contributed by atoms with Gasteiger partial charge in [0.15, 0.2) is 5.96 Å². The molecule has 0 bridgehead atoms. The first-order valence-electron chi connectivity index (χ1n) is 10.7. The van der Waals surface area contributed by atoms with Gasteiger partial charge in [-0.3, -0.25) is 9.89 Å². The summed E-state index contributed by atoms with van der Waals surface area (Å²) in [5.74, 6) is 1.85. The molecule has 26 heavy (non-hydrogen) atoms. The Bertz CT molecular complexity index is 405. The number of methoxy groups -OCH3 is 1. The minimum absolute atomic E-state index is 0.679. The number of piperidine rings is 1. The van der Waals surface area contributed by atoms with Gasteiger partial charge in [0, 0.05) is 45.9 Å². The zero-order valence-electron chi connectivity index (χ0n) is 17.5. The van der Waals surface area contributed by atoms with Crippen LogP contribution in [-0.4, -0.2) is 99.3 Å². The van der Waals surface area contributed by atoms with E-state index in [0.717, 1.165) is 64.3 Å². The number of rotatable bonds is 9. The normalized spacial score (nSPS) is 23.2. The van der Waals surface area contributed by atoms with Crippen molar-refractivity contribution in [3.8, 4) is 0 Å². The number of likely N-dealkylation sites (N-methyl/N-ethyl adjacent to an activating group) is 1. The summed E-state index contributed by atoms with van der Waals surface area (Å²) < 4.78 is 5.20. The van der Waals surface area contributed by atoms with E-state index in [2.05, 4.69) is 40.8 Å². The summed E-state index contributed by atoms with van der Waals surface area (Å²) in [5.41, 5.74) is 0. The standard InChI is InChI=1S/C20H41N5O/c1-5-21-20(25-13-10-19(17-25)24(6-2)7-3)22-16-18-8-11-23(12-9-18)14-15-26-4/h18-19H,5-17H2,1-4H3,(H,21,22). The number of aliphatic imine (C=N–C) groups is 1. The van der Waals surface area contributed by atoms with Gasteiger partial charge in [-0.05, 0) is 58.3 Å². The van der Waals surface area contributed by atoms with Crippen LogP contribution in [0.15, 0.2) is 4.99 Å². The van der Waals surface area contributed by atoms with E-state index < -0.39 is 0 Å². The Balaban J connectivity index is 1.82. The van der Waals surface area contributed by atoms with Crippen molar-refractivity contribution in [2.45, 2.75) is 46.1 Å². The lowest BCUT2D eigenvalue weighted by molar-refractivity contribution is 0.121. The van der Waals surface area contributed by atoms with Gasteiger partial charge in [-0.25, -0.2) is 0 Å². The van der Waals surface area contributed by atoms with Gasteiger partial charge in [-0.2, -0.15) is 0 Å². The van der Waals surface area contributed by atoms with Crippen molar-refractivity contribution in [3.63, 3.8) is 0 Å². The molecule has 2 saturated heterocycles. The topological polar surface area (TPSA) is 43.3 Å². The highest BCUT2D eigenvalue weighted by molar-refractivity contribution is 5.80. The van der Waals surface area contributed by atoms with Crippen molar-refractivity contribution in [1.29, 1.82) is 0 Å². The third-order valence-corrected chi connectivity index (χ3v) is 5.94. The van der Waals surface area contributed by atoms with Crippen molar-refractivity contribution in [1.82, 2.24) is 20.0 Å². The Morgan fingerprint density at radius 3 is 2.46 bits per heavy atom. The average Bonchev–Trinajstić information content (AvgIpc) is 3.15. The first-order chi connectivity index (χ1) is 12.7.